The molecule has 2 aromatic rings. The molecular weight excluding hydrogens is 284 g/mol. The molecule has 19 heavy (non-hydrogen) atoms. The van der Waals surface area contributed by atoms with Crippen LogP contribution >= 0.6 is 22.9 Å². The van der Waals surface area contributed by atoms with Crippen LogP contribution in [0.1, 0.15) is 22.1 Å². The van der Waals surface area contributed by atoms with E-state index >= 15 is 0 Å². The number of halogens is 1. The van der Waals surface area contributed by atoms with Gasteiger partial charge in [0.1, 0.15) is 6.10 Å². The van der Waals surface area contributed by atoms with Gasteiger partial charge in [-0.25, -0.2) is 0 Å². The highest BCUT2D eigenvalue weighted by molar-refractivity contribution is 7.10. The van der Waals surface area contributed by atoms with Gasteiger partial charge in [-0.3, -0.25) is 0 Å². The molecule has 1 aromatic heterocycles. The lowest BCUT2D eigenvalue weighted by molar-refractivity contribution is 0.222. The van der Waals surface area contributed by atoms with Crippen LogP contribution < -0.4 is 9.47 Å². The number of benzene rings is 1. The van der Waals surface area contributed by atoms with E-state index in [1.54, 1.807) is 26.4 Å². The molecule has 1 aromatic carbocycles. The molecule has 5 heteroatoms. The Hall–Kier alpha value is -1.23. The van der Waals surface area contributed by atoms with Crippen molar-refractivity contribution in [3.05, 3.63) is 44.6 Å². The van der Waals surface area contributed by atoms with Crippen LogP contribution in [0, 0.1) is 6.92 Å². The maximum atomic E-state index is 10.5. The summed E-state index contributed by atoms with van der Waals surface area (Å²) in [5.74, 6) is 1.24. The number of hydrogen-bond donors (Lipinski definition) is 1. The summed E-state index contributed by atoms with van der Waals surface area (Å²) in [6.45, 7) is 1.92. The standard InChI is InChI=1S/C14H15ClO3S/c1-8-6-11(17-2)12(18-3)7-9(8)13(16)14-10(15)4-5-19-14/h4-7,13,16H,1-3H3. The van der Waals surface area contributed by atoms with Crippen molar-refractivity contribution in [1.29, 1.82) is 0 Å². The molecule has 0 aliphatic carbocycles. The van der Waals surface area contributed by atoms with Gasteiger partial charge in [-0.05, 0) is 41.6 Å². The molecular formula is C14H15ClO3S. The average molecular weight is 299 g/mol. The Morgan fingerprint density at radius 1 is 1.21 bits per heavy atom. The minimum absolute atomic E-state index is 0.576. The summed E-state index contributed by atoms with van der Waals surface area (Å²) in [4.78, 5) is 0.733. The minimum atomic E-state index is -0.757. The van der Waals surface area contributed by atoms with Crippen LogP contribution in [-0.2, 0) is 0 Å². The second kappa shape index (κ2) is 5.82. The van der Waals surface area contributed by atoms with Crippen molar-refractivity contribution in [3.63, 3.8) is 0 Å². The molecule has 0 bridgehead atoms. The van der Waals surface area contributed by atoms with E-state index in [-0.39, 0.29) is 0 Å². The first kappa shape index (κ1) is 14.2. The second-order valence-electron chi connectivity index (χ2n) is 4.10. The first-order valence-electron chi connectivity index (χ1n) is 5.72. The predicted molar refractivity (Wildman–Crippen MR) is 77.7 cm³/mol. The van der Waals surface area contributed by atoms with E-state index in [1.165, 1.54) is 11.3 Å². The van der Waals surface area contributed by atoms with Gasteiger partial charge in [-0.2, -0.15) is 0 Å². The quantitative estimate of drug-likeness (QED) is 0.933. The fourth-order valence-electron chi connectivity index (χ4n) is 1.93. The van der Waals surface area contributed by atoms with Gasteiger partial charge in [0.2, 0.25) is 0 Å². The van der Waals surface area contributed by atoms with E-state index in [4.69, 9.17) is 21.1 Å². The van der Waals surface area contributed by atoms with Crippen LogP contribution in [0.5, 0.6) is 11.5 Å². The Labute approximate surface area is 121 Å². The first-order valence-corrected chi connectivity index (χ1v) is 6.97. The fraction of sp³-hybridized carbons (Fsp3) is 0.286. The average Bonchev–Trinajstić information content (AvgIpc) is 2.83. The lowest BCUT2D eigenvalue weighted by Crippen LogP contribution is -2.02. The molecule has 0 aliphatic rings. The summed E-state index contributed by atoms with van der Waals surface area (Å²) in [7, 11) is 3.16. The zero-order valence-corrected chi connectivity index (χ0v) is 12.5. The number of methoxy groups -OCH3 is 2. The van der Waals surface area contributed by atoms with Crippen LogP contribution in [0.25, 0.3) is 0 Å². The van der Waals surface area contributed by atoms with E-state index < -0.39 is 6.10 Å². The molecule has 0 fully saturated rings. The van der Waals surface area contributed by atoms with Gasteiger partial charge in [0, 0.05) is 0 Å². The smallest absolute Gasteiger partial charge is 0.161 e. The zero-order valence-electron chi connectivity index (χ0n) is 10.9. The van der Waals surface area contributed by atoms with Crippen molar-refractivity contribution in [2.24, 2.45) is 0 Å². The topological polar surface area (TPSA) is 38.7 Å². The highest BCUT2D eigenvalue weighted by Gasteiger charge is 2.19. The van der Waals surface area contributed by atoms with Gasteiger partial charge in [0.05, 0.1) is 24.1 Å². The molecule has 2 rings (SSSR count). The monoisotopic (exact) mass is 298 g/mol. The SMILES string of the molecule is COc1cc(C)c(C(O)c2sccc2Cl)cc1OC. The maximum Gasteiger partial charge on any atom is 0.161 e. The van der Waals surface area contributed by atoms with Crippen molar-refractivity contribution in [2.45, 2.75) is 13.0 Å². The van der Waals surface area contributed by atoms with Crippen LogP contribution in [0.3, 0.4) is 0 Å². The lowest BCUT2D eigenvalue weighted by Gasteiger charge is -2.16. The molecule has 3 nitrogen and oxygen atoms in total. The molecule has 1 heterocycles. The zero-order chi connectivity index (χ0) is 14.0. The summed E-state index contributed by atoms with van der Waals surface area (Å²) < 4.78 is 10.5. The van der Waals surface area contributed by atoms with Crippen molar-refractivity contribution in [2.75, 3.05) is 14.2 Å². The maximum absolute atomic E-state index is 10.5. The number of hydrogen-bond acceptors (Lipinski definition) is 4. The summed E-state index contributed by atoms with van der Waals surface area (Å²) in [6, 6.07) is 5.41. The first-order chi connectivity index (χ1) is 9.08. The van der Waals surface area contributed by atoms with Crippen molar-refractivity contribution < 1.29 is 14.6 Å². The molecule has 1 unspecified atom stereocenters. The summed E-state index contributed by atoms with van der Waals surface area (Å²) in [5.41, 5.74) is 1.69. The third kappa shape index (κ3) is 2.71. The molecule has 102 valence electrons. The summed E-state index contributed by atoms with van der Waals surface area (Å²) in [6.07, 6.45) is -0.757. The number of ether oxygens (including phenoxy) is 2. The minimum Gasteiger partial charge on any atom is -0.493 e. The third-order valence-corrected chi connectivity index (χ3v) is 4.37. The van der Waals surface area contributed by atoms with E-state index in [0.717, 1.165) is 16.0 Å². The molecule has 1 atom stereocenters. The number of aliphatic hydroxyl groups excluding tert-OH is 1. The van der Waals surface area contributed by atoms with Crippen LogP contribution in [0.4, 0.5) is 0 Å². The van der Waals surface area contributed by atoms with Crippen LogP contribution in [-0.4, -0.2) is 19.3 Å². The van der Waals surface area contributed by atoms with Crippen molar-refractivity contribution in [1.82, 2.24) is 0 Å². The highest BCUT2D eigenvalue weighted by atomic mass is 35.5. The fourth-order valence-corrected chi connectivity index (χ4v) is 3.09. The number of aliphatic hydroxyl groups is 1. The molecule has 0 aliphatic heterocycles. The highest BCUT2D eigenvalue weighted by Crippen LogP contribution is 2.38. The van der Waals surface area contributed by atoms with E-state index in [2.05, 4.69) is 0 Å². The second-order valence-corrected chi connectivity index (χ2v) is 5.45. The molecule has 0 amide bonds. The third-order valence-electron chi connectivity index (χ3n) is 2.96. The Morgan fingerprint density at radius 2 is 1.84 bits per heavy atom. The van der Waals surface area contributed by atoms with Crippen molar-refractivity contribution >= 4 is 22.9 Å². The van der Waals surface area contributed by atoms with Gasteiger partial charge < -0.3 is 14.6 Å². The predicted octanol–water partition coefficient (Wildman–Crippen LogP) is 3.81. The Morgan fingerprint density at radius 3 is 2.37 bits per heavy atom. The summed E-state index contributed by atoms with van der Waals surface area (Å²) in [5, 5.41) is 12.9. The molecule has 0 saturated carbocycles. The number of rotatable bonds is 4. The van der Waals surface area contributed by atoms with Crippen LogP contribution in [0.2, 0.25) is 5.02 Å². The van der Waals surface area contributed by atoms with Gasteiger partial charge in [0.15, 0.2) is 11.5 Å². The van der Waals surface area contributed by atoms with Crippen molar-refractivity contribution in [3.8, 4) is 11.5 Å². The number of thiophene rings is 1. The Balaban J connectivity index is 2.48. The van der Waals surface area contributed by atoms with E-state index in [9.17, 15) is 5.11 Å². The number of aryl methyl sites for hydroxylation is 1. The van der Waals surface area contributed by atoms with E-state index in [1.807, 2.05) is 18.4 Å². The Bertz CT molecular complexity index is 580. The molecule has 1 N–H and O–H groups in total. The van der Waals surface area contributed by atoms with Gasteiger partial charge >= 0.3 is 0 Å². The largest absolute Gasteiger partial charge is 0.493 e. The van der Waals surface area contributed by atoms with Gasteiger partial charge in [-0.15, -0.1) is 11.3 Å². The Kier molecular flexibility index (Phi) is 4.34. The summed E-state index contributed by atoms with van der Waals surface area (Å²) >= 11 is 7.49. The molecule has 0 spiro atoms. The van der Waals surface area contributed by atoms with Gasteiger partial charge in [0.25, 0.3) is 0 Å². The molecule has 0 saturated heterocycles. The van der Waals surface area contributed by atoms with Gasteiger partial charge in [-0.1, -0.05) is 11.6 Å². The van der Waals surface area contributed by atoms with E-state index in [0.29, 0.717) is 16.5 Å². The lowest BCUT2D eigenvalue weighted by atomic mass is 10.0. The molecule has 0 radical (unpaired) electrons. The van der Waals surface area contributed by atoms with Crippen LogP contribution in [0.15, 0.2) is 23.6 Å². The normalized spacial score (nSPS) is 12.3.